The maximum atomic E-state index is 11.9. The molecule has 0 aliphatic rings. The molecule has 7 heteroatoms. The fourth-order valence-corrected chi connectivity index (χ4v) is 2.83. The molecule has 0 unspecified atom stereocenters. The number of rotatable bonds is 5. The highest BCUT2D eigenvalue weighted by Crippen LogP contribution is 2.24. The highest BCUT2D eigenvalue weighted by Gasteiger charge is 2.17. The van der Waals surface area contributed by atoms with E-state index in [1.807, 2.05) is 0 Å². The molecule has 0 fully saturated rings. The summed E-state index contributed by atoms with van der Waals surface area (Å²) < 4.78 is 26.2. The third kappa shape index (κ3) is 4.44. The van der Waals surface area contributed by atoms with E-state index < -0.39 is 10.0 Å². The molecular weight excluding hydrogens is 283 g/mol. The molecule has 0 aliphatic carbocycles. The van der Waals surface area contributed by atoms with Crippen LogP contribution in [0, 0.1) is 6.92 Å². The summed E-state index contributed by atoms with van der Waals surface area (Å²) in [6, 6.07) is 4.94. The summed E-state index contributed by atoms with van der Waals surface area (Å²) in [5.41, 5.74) is 0.748. The Morgan fingerprint density at radius 2 is 1.94 bits per heavy atom. The number of aryl methyl sites for hydroxylation is 1. The standard InChI is InChI=1S/C10H15ClN2O2S.ClH/c1-8-4-3-5-9(10(8)11)16(14,15)13-7-6-12-2;/h3-5,12-13H,6-7H2,1-2H3;1H. The SMILES string of the molecule is CNCCNS(=O)(=O)c1cccc(C)c1Cl.Cl. The zero-order valence-corrected chi connectivity index (χ0v) is 12.0. The number of hydrogen-bond donors (Lipinski definition) is 2. The largest absolute Gasteiger partial charge is 0.318 e. The summed E-state index contributed by atoms with van der Waals surface area (Å²) in [4.78, 5) is 0.130. The average Bonchev–Trinajstić information content (AvgIpc) is 2.22. The van der Waals surface area contributed by atoms with Crippen molar-refractivity contribution in [1.29, 1.82) is 0 Å². The molecule has 0 saturated carbocycles. The number of hydrogen-bond acceptors (Lipinski definition) is 3. The number of benzene rings is 1. The predicted octanol–water partition coefficient (Wildman–Crippen LogP) is 1.57. The maximum Gasteiger partial charge on any atom is 0.242 e. The second-order valence-electron chi connectivity index (χ2n) is 3.39. The number of nitrogens with one attached hydrogen (secondary N) is 2. The van der Waals surface area contributed by atoms with Crippen molar-refractivity contribution in [2.45, 2.75) is 11.8 Å². The summed E-state index contributed by atoms with van der Waals surface area (Å²) in [6.45, 7) is 2.68. The Balaban J connectivity index is 0.00000256. The van der Waals surface area contributed by atoms with Gasteiger partial charge in [-0.15, -0.1) is 12.4 Å². The summed E-state index contributed by atoms with van der Waals surface area (Å²) in [5.74, 6) is 0. The van der Waals surface area contributed by atoms with Crippen LogP contribution in [0.25, 0.3) is 0 Å². The topological polar surface area (TPSA) is 58.2 Å². The van der Waals surface area contributed by atoms with Crippen molar-refractivity contribution in [2.24, 2.45) is 0 Å². The lowest BCUT2D eigenvalue weighted by Gasteiger charge is -2.09. The van der Waals surface area contributed by atoms with Gasteiger partial charge in [0.2, 0.25) is 10.0 Å². The summed E-state index contributed by atoms with van der Waals surface area (Å²) in [6.07, 6.45) is 0. The van der Waals surface area contributed by atoms with Crippen molar-refractivity contribution in [1.82, 2.24) is 10.0 Å². The van der Waals surface area contributed by atoms with Crippen LogP contribution in [0.3, 0.4) is 0 Å². The van der Waals surface area contributed by atoms with Crippen LogP contribution >= 0.6 is 24.0 Å². The van der Waals surface area contributed by atoms with E-state index in [0.29, 0.717) is 13.1 Å². The molecule has 4 nitrogen and oxygen atoms in total. The molecule has 0 aromatic heterocycles. The van der Waals surface area contributed by atoms with Gasteiger partial charge in [0.25, 0.3) is 0 Å². The molecule has 98 valence electrons. The van der Waals surface area contributed by atoms with E-state index in [-0.39, 0.29) is 22.3 Å². The zero-order chi connectivity index (χ0) is 12.2. The third-order valence-corrected chi connectivity index (χ3v) is 4.23. The van der Waals surface area contributed by atoms with Crippen LogP contribution in [0.15, 0.2) is 23.1 Å². The van der Waals surface area contributed by atoms with Gasteiger partial charge in [-0.05, 0) is 25.6 Å². The molecule has 0 bridgehead atoms. The monoisotopic (exact) mass is 298 g/mol. The van der Waals surface area contributed by atoms with Crippen LogP contribution in [0.4, 0.5) is 0 Å². The van der Waals surface area contributed by atoms with Gasteiger partial charge in [-0.1, -0.05) is 23.7 Å². The summed E-state index contributed by atoms with van der Waals surface area (Å²) in [5, 5.41) is 3.14. The van der Waals surface area contributed by atoms with Crippen molar-refractivity contribution < 1.29 is 8.42 Å². The van der Waals surface area contributed by atoms with Crippen LogP contribution in [0.1, 0.15) is 5.56 Å². The molecule has 0 atom stereocenters. The van der Waals surface area contributed by atoms with Gasteiger partial charge >= 0.3 is 0 Å². The first-order valence-corrected chi connectivity index (χ1v) is 6.74. The van der Waals surface area contributed by atoms with E-state index in [1.54, 1.807) is 26.1 Å². The van der Waals surface area contributed by atoms with Gasteiger partial charge in [0.05, 0.1) is 5.02 Å². The minimum atomic E-state index is -3.51. The van der Waals surface area contributed by atoms with Crippen molar-refractivity contribution in [3.63, 3.8) is 0 Å². The van der Waals surface area contributed by atoms with Crippen molar-refractivity contribution in [3.05, 3.63) is 28.8 Å². The van der Waals surface area contributed by atoms with Gasteiger partial charge in [-0.3, -0.25) is 0 Å². The molecule has 0 saturated heterocycles. The van der Waals surface area contributed by atoms with Crippen LogP contribution < -0.4 is 10.0 Å². The van der Waals surface area contributed by atoms with Gasteiger partial charge in [0, 0.05) is 13.1 Å². The highest BCUT2D eigenvalue weighted by atomic mass is 35.5. The lowest BCUT2D eigenvalue weighted by molar-refractivity contribution is 0.579. The summed E-state index contributed by atoms with van der Waals surface area (Å²) >= 11 is 5.96. The van der Waals surface area contributed by atoms with Gasteiger partial charge < -0.3 is 5.32 Å². The molecule has 1 rings (SSSR count). The lowest BCUT2D eigenvalue weighted by Crippen LogP contribution is -2.30. The Kier molecular flexibility index (Phi) is 7.04. The van der Waals surface area contributed by atoms with E-state index in [1.165, 1.54) is 6.07 Å². The van der Waals surface area contributed by atoms with E-state index in [4.69, 9.17) is 11.6 Å². The van der Waals surface area contributed by atoms with E-state index in [2.05, 4.69) is 10.0 Å². The molecule has 1 aromatic rings. The lowest BCUT2D eigenvalue weighted by atomic mass is 10.2. The molecule has 17 heavy (non-hydrogen) atoms. The first-order chi connectivity index (χ1) is 7.49. The normalized spacial score (nSPS) is 11.0. The minimum absolute atomic E-state index is 0. The quantitative estimate of drug-likeness (QED) is 0.811. The zero-order valence-electron chi connectivity index (χ0n) is 9.66. The number of halogens is 2. The number of sulfonamides is 1. The molecule has 2 N–H and O–H groups in total. The Hall–Kier alpha value is -0.330. The summed E-state index contributed by atoms with van der Waals surface area (Å²) in [7, 11) is -1.75. The van der Waals surface area contributed by atoms with Crippen LogP contribution in [-0.2, 0) is 10.0 Å². The minimum Gasteiger partial charge on any atom is -0.318 e. The Labute approximate surface area is 113 Å². The fraction of sp³-hybridized carbons (Fsp3) is 0.400. The van der Waals surface area contributed by atoms with Gasteiger partial charge in [0.15, 0.2) is 0 Å². The molecule has 0 aliphatic heterocycles. The molecule has 0 radical (unpaired) electrons. The smallest absolute Gasteiger partial charge is 0.242 e. The molecule has 1 aromatic carbocycles. The maximum absolute atomic E-state index is 11.9. The average molecular weight is 299 g/mol. The third-order valence-electron chi connectivity index (χ3n) is 2.11. The second-order valence-corrected chi connectivity index (χ2v) is 5.50. The van der Waals surface area contributed by atoms with Crippen LogP contribution in [-0.4, -0.2) is 28.6 Å². The highest BCUT2D eigenvalue weighted by molar-refractivity contribution is 7.89. The Morgan fingerprint density at radius 1 is 1.29 bits per heavy atom. The molecule has 0 heterocycles. The first-order valence-electron chi connectivity index (χ1n) is 4.88. The van der Waals surface area contributed by atoms with Gasteiger partial charge in [-0.25, -0.2) is 13.1 Å². The fourth-order valence-electron chi connectivity index (χ4n) is 1.22. The number of likely N-dealkylation sites (N-methyl/N-ethyl adjacent to an activating group) is 1. The van der Waals surface area contributed by atoms with Crippen molar-refractivity contribution in [2.75, 3.05) is 20.1 Å². The molecular formula is C10H16Cl2N2O2S. The van der Waals surface area contributed by atoms with E-state index in [0.717, 1.165) is 5.56 Å². The predicted molar refractivity (Wildman–Crippen MR) is 72.6 cm³/mol. The van der Waals surface area contributed by atoms with Crippen LogP contribution in [0.2, 0.25) is 5.02 Å². The molecule has 0 amide bonds. The van der Waals surface area contributed by atoms with Crippen molar-refractivity contribution >= 4 is 34.0 Å². The van der Waals surface area contributed by atoms with E-state index >= 15 is 0 Å². The molecule has 0 spiro atoms. The second kappa shape index (κ2) is 7.18. The van der Waals surface area contributed by atoms with Gasteiger partial charge in [-0.2, -0.15) is 0 Å². The Bertz CT molecular complexity index is 463. The van der Waals surface area contributed by atoms with E-state index in [9.17, 15) is 8.42 Å². The van der Waals surface area contributed by atoms with Gasteiger partial charge in [0.1, 0.15) is 4.90 Å². The first kappa shape index (κ1) is 16.7. The van der Waals surface area contributed by atoms with Crippen molar-refractivity contribution in [3.8, 4) is 0 Å². The Morgan fingerprint density at radius 3 is 2.53 bits per heavy atom. The van der Waals surface area contributed by atoms with Crippen LogP contribution in [0.5, 0.6) is 0 Å².